The lowest BCUT2D eigenvalue weighted by Gasteiger charge is -2.14. The average Bonchev–Trinajstić information content (AvgIpc) is 2.25. The van der Waals surface area contributed by atoms with Gasteiger partial charge in [0.25, 0.3) is 0 Å². The monoisotopic (exact) mass is 228 g/mol. The lowest BCUT2D eigenvalue weighted by Crippen LogP contribution is -2.25. The molecule has 0 aromatic heterocycles. The van der Waals surface area contributed by atoms with Crippen LogP contribution in [0.2, 0.25) is 0 Å². The fourth-order valence-electron chi connectivity index (χ4n) is 1.05. The number of rotatable bonds is 5. The first kappa shape index (κ1) is 11.9. The van der Waals surface area contributed by atoms with E-state index in [1.54, 1.807) is 0 Å². The minimum Gasteiger partial charge on any atom is -0.490 e. The SMILES string of the molecule is CC(=O)O[C@H](CCl)COc1ccccc1. The molecular formula is C11H13ClO3. The van der Waals surface area contributed by atoms with Crippen molar-refractivity contribution in [3.63, 3.8) is 0 Å². The maximum Gasteiger partial charge on any atom is 0.303 e. The second-order valence-electron chi connectivity index (χ2n) is 3.01. The molecule has 1 atom stereocenters. The van der Waals surface area contributed by atoms with Gasteiger partial charge in [-0.1, -0.05) is 18.2 Å². The predicted molar refractivity (Wildman–Crippen MR) is 58.2 cm³/mol. The fraction of sp³-hybridized carbons (Fsp3) is 0.364. The molecule has 0 unspecified atom stereocenters. The van der Waals surface area contributed by atoms with E-state index in [1.165, 1.54) is 6.92 Å². The van der Waals surface area contributed by atoms with Gasteiger partial charge >= 0.3 is 5.97 Å². The Balaban J connectivity index is 2.37. The van der Waals surface area contributed by atoms with Crippen LogP contribution < -0.4 is 4.74 Å². The van der Waals surface area contributed by atoms with Crippen molar-refractivity contribution in [1.29, 1.82) is 0 Å². The summed E-state index contributed by atoms with van der Waals surface area (Å²) in [6.07, 6.45) is -0.399. The number of hydrogen-bond donors (Lipinski definition) is 0. The number of carbonyl (C=O) groups excluding carboxylic acids is 1. The number of benzene rings is 1. The zero-order valence-electron chi connectivity index (χ0n) is 8.48. The van der Waals surface area contributed by atoms with E-state index in [0.29, 0.717) is 0 Å². The van der Waals surface area contributed by atoms with Gasteiger partial charge in [-0.3, -0.25) is 4.79 Å². The zero-order chi connectivity index (χ0) is 11.1. The van der Waals surface area contributed by atoms with Gasteiger partial charge in [-0.2, -0.15) is 0 Å². The Hall–Kier alpha value is -1.22. The molecule has 0 radical (unpaired) electrons. The van der Waals surface area contributed by atoms with Crippen LogP contribution in [0.5, 0.6) is 5.75 Å². The average molecular weight is 229 g/mol. The molecule has 0 heterocycles. The topological polar surface area (TPSA) is 35.5 Å². The van der Waals surface area contributed by atoms with Gasteiger partial charge in [0.2, 0.25) is 0 Å². The molecule has 0 N–H and O–H groups in total. The Morgan fingerprint density at radius 3 is 2.60 bits per heavy atom. The molecule has 3 nitrogen and oxygen atoms in total. The van der Waals surface area contributed by atoms with Crippen LogP contribution in [0.3, 0.4) is 0 Å². The van der Waals surface area contributed by atoms with Gasteiger partial charge in [0.1, 0.15) is 18.5 Å². The summed E-state index contributed by atoms with van der Waals surface area (Å²) in [4.78, 5) is 10.7. The first-order chi connectivity index (χ1) is 7.22. The molecule has 0 aliphatic carbocycles. The van der Waals surface area contributed by atoms with Crippen molar-refractivity contribution in [1.82, 2.24) is 0 Å². The van der Waals surface area contributed by atoms with E-state index >= 15 is 0 Å². The summed E-state index contributed by atoms with van der Waals surface area (Å²) in [5.41, 5.74) is 0. The van der Waals surface area contributed by atoms with E-state index in [9.17, 15) is 4.79 Å². The van der Waals surface area contributed by atoms with Crippen LogP contribution in [-0.2, 0) is 9.53 Å². The molecule has 0 amide bonds. The van der Waals surface area contributed by atoms with Crippen LogP contribution in [0.4, 0.5) is 0 Å². The van der Waals surface area contributed by atoms with E-state index in [-0.39, 0.29) is 18.5 Å². The maximum atomic E-state index is 10.7. The summed E-state index contributed by atoms with van der Waals surface area (Å²) in [5, 5.41) is 0. The highest BCUT2D eigenvalue weighted by molar-refractivity contribution is 6.18. The standard InChI is InChI=1S/C11H13ClO3/c1-9(13)15-11(7-12)8-14-10-5-3-2-4-6-10/h2-6,11H,7-8H2,1H3/t11-/m1/s1. The van der Waals surface area contributed by atoms with E-state index in [2.05, 4.69) is 0 Å². The number of para-hydroxylation sites is 1. The summed E-state index contributed by atoms with van der Waals surface area (Å²) in [6, 6.07) is 9.31. The van der Waals surface area contributed by atoms with Gasteiger partial charge in [-0.25, -0.2) is 0 Å². The lowest BCUT2D eigenvalue weighted by molar-refractivity contribution is -0.146. The molecule has 1 rings (SSSR count). The molecule has 15 heavy (non-hydrogen) atoms. The number of ether oxygens (including phenoxy) is 2. The molecule has 1 aromatic carbocycles. The normalized spacial score (nSPS) is 11.9. The van der Waals surface area contributed by atoms with Crippen molar-refractivity contribution < 1.29 is 14.3 Å². The van der Waals surface area contributed by atoms with Crippen molar-refractivity contribution in [3.8, 4) is 5.75 Å². The Morgan fingerprint density at radius 1 is 1.40 bits per heavy atom. The second kappa shape index (κ2) is 6.30. The van der Waals surface area contributed by atoms with E-state index < -0.39 is 6.10 Å². The second-order valence-corrected chi connectivity index (χ2v) is 3.32. The number of hydrogen-bond acceptors (Lipinski definition) is 3. The van der Waals surface area contributed by atoms with Crippen molar-refractivity contribution >= 4 is 17.6 Å². The summed E-state index contributed by atoms with van der Waals surface area (Å²) < 4.78 is 10.3. The molecule has 0 saturated carbocycles. The third kappa shape index (κ3) is 4.70. The van der Waals surface area contributed by atoms with Crippen LogP contribution in [0.25, 0.3) is 0 Å². The van der Waals surface area contributed by atoms with Crippen molar-refractivity contribution in [2.24, 2.45) is 0 Å². The molecule has 0 saturated heterocycles. The predicted octanol–water partition coefficient (Wildman–Crippen LogP) is 2.24. The molecular weight excluding hydrogens is 216 g/mol. The quantitative estimate of drug-likeness (QED) is 0.573. The fourth-order valence-corrected chi connectivity index (χ4v) is 1.20. The Morgan fingerprint density at radius 2 is 2.07 bits per heavy atom. The summed E-state index contributed by atoms with van der Waals surface area (Å²) in [5.74, 6) is 0.615. The molecule has 0 aliphatic rings. The van der Waals surface area contributed by atoms with Gasteiger partial charge in [-0.05, 0) is 12.1 Å². The van der Waals surface area contributed by atoms with E-state index in [4.69, 9.17) is 21.1 Å². The highest BCUT2D eigenvalue weighted by atomic mass is 35.5. The van der Waals surface area contributed by atoms with Crippen molar-refractivity contribution in [2.75, 3.05) is 12.5 Å². The van der Waals surface area contributed by atoms with Crippen molar-refractivity contribution in [3.05, 3.63) is 30.3 Å². The Kier molecular flexibility index (Phi) is 4.98. The Bertz CT molecular complexity index is 300. The minimum atomic E-state index is -0.399. The number of halogens is 1. The molecule has 0 aliphatic heterocycles. The van der Waals surface area contributed by atoms with Gasteiger partial charge in [0.05, 0.1) is 5.88 Å². The number of esters is 1. The third-order valence-corrected chi connectivity index (χ3v) is 2.03. The van der Waals surface area contributed by atoms with Crippen LogP contribution >= 0.6 is 11.6 Å². The van der Waals surface area contributed by atoms with Crippen LogP contribution in [0.15, 0.2) is 30.3 Å². The highest BCUT2D eigenvalue weighted by Gasteiger charge is 2.11. The molecule has 4 heteroatoms. The molecule has 0 bridgehead atoms. The highest BCUT2D eigenvalue weighted by Crippen LogP contribution is 2.09. The molecule has 0 fully saturated rings. The Labute approximate surface area is 93.9 Å². The van der Waals surface area contributed by atoms with Crippen molar-refractivity contribution in [2.45, 2.75) is 13.0 Å². The zero-order valence-corrected chi connectivity index (χ0v) is 9.24. The van der Waals surface area contributed by atoms with Crippen LogP contribution in [-0.4, -0.2) is 24.6 Å². The maximum absolute atomic E-state index is 10.7. The number of alkyl halides is 1. The molecule has 82 valence electrons. The molecule has 0 spiro atoms. The van der Waals surface area contributed by atoms with Crippen LogP contribution in [0, 0.1) is 0 Å². The number of carbonyl (C=O) groups is 1. The summed E-state index contributed by atoms with van der Waals surface area (Å²) in [6.45, 7) is 1.62. The third-order valence-electron chi connectivity index (χ3n) is 1.68. The largest absolute Gasteiger partial charge is 0.490 e. The van der Waals surface area contributed by atoms with Crippen LogP contribution in [0.1, 0.15) is 6.92 Å². The first-order valence-corrected chi connectivity index (χ1v) is 5.17. The van der Waals surface area contributed by atoms with Gasteiger partial charge in [0, 0.05) is 6.92 Å². The van der Waals surface area contributed by atoms with Gasteiger partial charge in [-0.15, -0.1) is 11.6 Å². The van der Waals surface area contributed by atoms with E-state index in [1.807, 2.05) is 30.3 Å². The van der Waals surface area contributed by atoms with Gasteiger partial charge in [0.15, 0.2) is 0 Å². The smallest absolute Gasteiger partial charge is 0.303 e. The van der Waals surface area contributed by atoms with E-state index in [0.717, 1.165) is 5.75 Å². The lowest BCUT2D eigenvalue weighted by atomic mass is 10.3. The van der Waals surface area contributed by atoms with Gasteiger partial charge < -0.3 is 9.47 Å². The summed E-state index contributed by atoms with van der Waals surface area (Å²) >= 11 is 5.62. The first-order valence-electron chi connectivity index (χ1n) is 4.63. The molecule has 1 aromatic rings. The summed E-state index contributed by atoms with van der Waals surface area (Å²) in [7, 11) is 0. The minimum absolute atomic E-state index is 0.229.